The maximum Gasteiger partial charge on any atom is 0.423 e. The van der Waals surface area contributed by atoms with Crippen molar-refractivity contribution in [3.63, 3.8) is 0 Å². The van der Waals surface area contributed by atoms with Crippen molar-refractivity contribution in [2.24, 2.45) is 0 Å². The van der Waals surface area contributed by atoms with Crippen molar-refractivity contribution < 1.29 is 36.4 Å². The summed E-state index contributed by atoms with van der Waals surface area (Å²) in [6.45, 7) is -0.440. The maximum atomic E-state index is 14.2. The number of alkyl halides is 3. The van der Waals surface area contributed by atoms with Crippen LogP contribution in [0.1, 0.15) is 5.56 Å². The summed E-state index contributed by atoms with van der Waals surface area (Å²) in [5, 5.41) is 19.5. The molecule has 1 atom stereocenters. The SMILES string of the molecule is O=C(NNCNc1nc(-c2cc(-c3ccon3)n(Cc3ccccc3F)n2)ncc1F)C(O)C(F)(F)F. The second-order valence-corrected chi connectivity index (χ2v) is 7.40. The van der Waals surface area contributed by atoms with Gasteiger partial charge in [-0.15, -0.1) is 0 Å². The second-order valence-electron chi connectivity index (χ2n) is 7.40. The number of aliphatic hydroxyl groups excluding tert-OH is 1. The molecule has 4 N–H and O–H groups in total. The summed E-state index contributed by atoms with van der Waals surface area (Å²) in [6.07, 6.45) is -6.21. The van der Waals surface area contributed by atoms with E-state index in [0.717, 1.165) is 6.20 Å². The van der Waals surface area contributed by atoms with E-state index in [1.807, 2.05) is 0 Å². The van der Waals surface area contributed by atoms with Gasteiger partial charge in [0.1, 0.15) is 23.5 Å². The Kier molecular flexibility index (Phi) is 7.40. The molecular weight excluding hydrogens is 507 g/mol. The number of halogens is 5. The molecule has 0 aliphatic heterocycles. The van der Waals surface area contributed by atoms with Crippen LogP contribution >= 0.6 is 0 Å². The summed E-state index contributed by atoms with van der Waals surface area (Å²) in [5.41, 5.74) is 5.03. The van der Waals surface area contributed by atoms with Crippen LogP contribution in [0.2, 0.25) is 0 Å². The Labute approximate surface area is 204 Å². The number of aromatic nitrogens is 5. The van der Waals surface area contributed by atoms with Gasteiger partial charge in [-0.1, -0.05) is 23.4 Å². The van der Waals surface area contributed by atoms with Gasteiger partial charge in [0.05, 0.1) is 25.1 Å². The molecule has 1 aromatic carbocycles. The van der Waals surface area contributed by atoms with Gasteiger partial charge in [0.25, 0.3) is 5.91 Å². The van der Waals surface area contributed by atoms with Gasteiger partial charge in [-0.25, -0.2) is 24.2 Å². The number of benzene rings is 1. The molecule has 0 fully saturated rings. The van der Waals surface area contributed by atoms with Crippen LogP contribution in [0.3, 0.4) is 0 Å². The van der Waals surface area contributed by atoms with Gasteiger partial charge in [0.2, 0.25) is 6.10 Å². The van der Waals surface area contributed by atoms with E-state index in [-0.39, 0.29) is 23.9 Å². The molecule has 194 valence electrons. The van der Waals surface area contributed by atoms with E-state index >= 15 is 0 Å². The fourth-order valence-electron chi connectivity index (χ4n) is 3.08. The minimum absolute atomic E-state index is 0.0224. The number of aliphatic hydroxyl groups is 1. The molecule has 3 heterocycles. The molecule has 0 aliphatic rings. The molecule has 1 unspecified atom stereocenters. The molecule has 37 heavy (non-hydrogen) atoms. The fraction of sp³-hybridized carbons (Fsp3) is 0.190. The predicted octanol–water partition coefficient (Wildman–Crippen LogP) is 2.24. The number of hydrazine groups is 1. The minimum Gasteiger partial charge on any atom is -0.376 e. The molecule has 0 aliphatic carbocycles. The van der Waals surface area contributed by atoms with Crippen molar-refractivity contribution in [3.8, 4) is 22.9 Å². The molecule has 11 nitrogen and oxygen atoms in total. The van der Waals surface area contributed by atoms with Crippen LogP contribution in [0.15, 0.2) is 53.4 Å². The Morgan fingerprint density at radius 3 is 2.62 bits per heavy atom. The van der Waals surface area contributed by atoms with E-state index in [9.17, 15) is 26.7 Å². The Balaban J connectivity index is 1.52. The molecule has 1 amide bonds. The third-order valence-electron chi connectivity index (χ3n) is 4.85. The molecule has 4 aromatic rings. The summed E-state index contributed by atoms with van der Waals surface area (Å²) in [4.78, 5) is 19.2. The van der Waals surface area contributed by atoms with E-state index in [1.165, 1.54) is 23.1 Å². The van der Waals surface area contributed by atoms with Crippen LogP contribution in [0, 0.1) is 11.6 Å². The third-order valence-corrected chi connectivity index (χ3v) is 4.85. The Hall–Kier alpha value is -4.44. The molecule has 0 saturated heterocycles. The number of carbonyl (C=O) groups excluding carboxylic acids is 1. The number of nitrogens with zero attached hydrogens (tertiary/aromatic N) is 5. The molecular formula is C21H17F5N8O3. The standard InChI is InChI=1S/C21H17F5N8O3/c22-12-4-2-1-3-11(12)9-34-16(14-5-6-37-33-14)7-15(32-34)19-27-8-13(23)18(30-19)28-10-29-31-20(36)17(35)21(24,25)26/h1-8,17,29,35H,9-10H2,(H,31,36)(H,27,28,30). The summed E-state index contributed by atoms with van der Waals surface area (Å²) < 4.78 is 71.8. The highest BCUT2D eigenvalue weighted by Crippen LogP contribution is 2.26. The first kappa shape index (κ1) is 25.6. The summed E-state index contributed by atoms with van der Waals surface area (Å²) >= 11 is 0. The normalized spacial score (nSPS) is 12.4. The molecule has 3 aromatic heterocycles. The van der Waals surface area contributed by atoms with Crippen LogP contribution in [0.25, 0.3) is 22.9 Å². The fourth-order valence-corrected chi connectivity index (χ4v) is 3.08. The lowest BCUT2D eigenvalue weighted by atomic mass is 10.2. The van der Waals surface area contributed by atoms with Crippen LogP contribution < -0.4 is 16.2 Å². The van der Waals surface area contributed by atoms with E-state index in [2.05, 4.69) is 31.0 Å². The van der Waals surface area contributed by atoms with E-state index in [1.54, 1.807) is 29.7 Å². The van der Waals surface area contributed by atoms with Crippen molar-refractivity contribution in [2.45, 2.75) is 18.8 Å². The second kappa shape index (κ2) is 10.7. The van der Waals surface area contributed by atoms with Crippen molar-refractivity contribution in [1.82, 2.24) is 35.8 Å². The molecule has 4 rings (SSSR count). The van der Waals surface area contributed by atoms with Gasteiger partial charge < -0.3 is 14.9 Å². The highest BCUT2D eigenvalue weighted by Gasteiger charge is 2.43. The summed E-state index contributed by atoms with van der Waals surface area (Å²) in [7, 11) is 0. The smallest absolute Gasteiger partial charge is 0.376 e. The topological polar surface area (TPSA) is 143 Å². The van der Waals surface area contributed by atoms with Gasteiger partial charge >= 0.3 is 6.18 Å². The summed E-state index contributed by atoms with van der Waals surface area (Å²) in [5.74, 6) is -3.52. The van der Waals surface area contributed by atoms with Crippen LogP contribution in [-0.2, 0) is 11.3 Å². The maximum absolute atomic E-state index is 14.2. The zero-order valence-corrected chi connectivity index (χ0v) is 18.5. The number of nitrogens with one attached hydrogen (secondary N) is 3. The van der Waals surface area contributed by atoms with E-state index in [0.29, 0.717) is 17.0 Å². The minimum atomic E-state index is -5.15. The van der Waals surface area contributed by atoms with Gasteiger partial charge in [0.15, 0.2) is 17.5 Å². The van der Waals surface area contributed by atoms with Crippen LogP contribution in [0.5, 0.6) is 0 Å². The van der Waals surface area contributed by atoms with Crippen molar-refractivity contribution >= 4 is 11.7 Å². The van der Waals surface area contributed by atoms with Gasteiger partial charge in [-0.05, 0) is 12.1 Å². The lowest BCUT2D eigenvalue weighted by Gasteiger charge is -2.15. The monoisotopic (exact) mass is 524 g/mol. The van der Waals surface area contributed by atoms with Gasteiger partial charge in [-0.3, -0.25) is 14.9 Å². The van der Waals surface area contributed by atoms with Crippen LogP contribution in [-0.4, -0.2) is 54.9 Å². The first-order valence-electron chi connectivity index (χ1n) is 10.4. The molecule has 0 bridgehead atoms. The highest BCUT2D eigenvalue weighted by atomic mass is 19.4. The van der Waals surface area contributed by atoms with E-state index in [4.69, 9.17) is 9.63 Å². The van der Waals surface area contributed by atoms with Crippen LogP contribution in [0.4, 0.5) is 27.8 Å². The lowest BCUT2D eigenvalue weighted by molar-refractivity contribution is -0.205. The third kappa shape index (κ3) is 6.04. The number of amides is 1. The van der Waals surface area contributed by atoms with Gasteiger partial charge in [0, 0.05) is 11.6 Å². The first-order chi connectivity index (χ1) is 17.6. The van der Waals surface area contributed by atoms with Crippen molar-refractivity contribution in [2.75, 3.05) is 12.0 Å². The molecule has 0 radical (unpaired) electrons. The lowest BCUT2D eigenvalue weighted by Crippen LogP contribution is -2.50. The van der Waals surface area contributed by atoms with Gasteiger partial charge in [-0.2, -0.15) is 18.3 Å². The van der Waals surface area contributed by atoms with Crippen molar-refractivity contribution in [1.29, 1.82) is 0 Å². The number of rotatable bonds is 9. The Morgan fingerprint density at radius 2 is 1.92 bits per heavy atom. The van der Waals surface area contributed by atoms with E-state index < -0.39 is 36.5 Å². The first-order valence-corrected chi connectivity index (χ1v) is 10.4. The Morgan fingerprint density at radius 1 is 1.14 bits per heavy atom. The quantitative estimate of drug-likeness (QED) is 0.112. The zero-order valence-electron chi connectivity index (χ0n) is 18.5. The average Bonchev–Trinajstić information content (AvgIpc) is 3.53. The van der Waals surface area contributed by atoms with Crippen molar-refractivity contribution in [3.05, 3.63) is 66.1 Å². The number of hydrogen-bond donors (Lipinski definition) is 4. The average molecular weight is 524 g/mol. The number of hydrogen-bond acceptors (Lipinski definition) is 9. The highest BCUT2D eigenvalue weighted by molar-refractivity contribution is 5.80. The largest absolute Gasteiger partial charge is 0.423 e. The molecule has 16 heteroatoms. The Bertz CT molecular complexity index is 1380. The zero-order chi connectivity index (χ0) is 26.6. The number of anilines is 1. The predicted molar refractivity (Wildman–Crippen MR) is 116 cm³/mol. The molecule has 0 spiro atoms. The molecule has 0 saturated carbocycles. The summed E-state index contributed by atoms with van der Waals surface area (Å²) in [6, 6.07) is 9.20. The number of carbonyl (C=O) groups is 1.